The van der Waals surface area contributed by atoms with E-state index < -0.39 is 23.9 Å². The molecule has 0 spiro atoms. The molecule has 0 unspecified atom stereocenters. The highest BCUT2D eigenvalue weighted by Gasteiger charge is 2.34. The van der Waals surface area contributed by atoms with Gasteiger partial charge in [0, 0.05) is 23.9 Å². The van der Waals surface area contributed by atoms with Crippen molar-refractivity contribution in [3.8, 4) is 0 Å². The summed E-state index contributed by atoms with van der Waals surface area (Å²) in [6.45, 7) is 0. The van der Waals surface area contributed by atoms with E-state index in [1.54, 1.807) is 0 Å². The van der Waals surface area contributed by atoms with Crippen molar-refractivity contribution >= 4 is 22.9 Å². The highest BCUT2D eigenvalue weighted by molar-refractivity contribution is 5.94. The average molecular weight is 382 g/mol. The molecule has 0 aliphatic heterocycles. The van der Waals surface area contributed by atoms with Crippen LogP contribution in [-0.4, -0.2) is 20.9 Å². The minimum atomic E-state index is -4.83. The number of rotatable bonds is 4. The lowest BCUT2D eigenvalue weighted by Gasteiger charge is -2.09. The van der Waals surface area contributed by atoms with E-state index in [9.17, 15) is 26.7 Å². The fourth-order valence-electron chi connectivity index (χ4n) is 2.75. The van der Waals surface area contributed by atoms with Crippen LogP contribution in [0, 0.1) is 11.6 Å². The quantitative estimate of drug-likeness (QED) is 0.535. The Hall–Kier alpha value is -3.23. The Balaban J connectivity index is 2.21. The lowest BCUT2D eigenvalue weighted by molar-refractivity contribution is -0.209. The second kappa shape index (κ2) is 6.82. The molecule has 9 heteroatoms. The fraction of sp³-hybridized carbons (Fsp3) is 0.111. The van der Waals surface area contributed by atoms with Gasteiger partial charge in [0.1, 0.15) is 11.6 Å². The minimum absolute atomic E-state index is 0.0380. The van der Waals surface area contributed by atoms with Crippen molar-refractivity contribution in [3.05, 3.63) is 70.9 Å². The Bertz CT molecular complexity index is 1050. The fourth-order valence-corrected chi connectivity index (χ4v) is 2.75. The molecule has 1 aromatic heterocycles. The molecule has 0 saturated carbocycles. The van der Waals surface area contributed by atoms with Gasteiger partial charge in [0.2, 0.25) is 0 Å². The second-order valence-corrected chi connectivity index (χ2v) is 5.66. The molecule has 0 bridgehead atoms. The lowest BCUT2D eigenvalue weighted by atomic mass is 9.99. The largest absolute Gasteiger partial charge is 0.505 e. The molecular formula is C18H11F5N2O2. The normalized spacial score (nSPS) is 12.2. The first-order valence-corrected chi connectivity index (χ1v) is 7.59. The van der Waals surface area contributed by atoms with Gasteiger partial charge < -0.3 is 5.11 Å². The highest BCUT2D eigenvalue weighted by atomic mass is 19.4. The highest BCUT2D eigenvalue weighted by Crippen LogP contribution is 2.32. The van der Waals surface area contributed by atoms with E-state index in [0.717, 1.165) is 12.1 Å². The molecule has 0 fully saturated rings. The summed E-state index contributed by atoms with van der Waals surface area (Å²) < 4.78 is 66.6. The van der Waals surface area contributed by atoms with Crippen molar-refractivity contribution in [2.24, 2.45) is 0 Å². The molecule has 0 aliphatic rings. The van der Waals surface area contributed by atoms with Gasteiger partial charge in [-0.2, -0.15) is 9.78 Å². The summed E-state index contributed by atoms with van der Waals surface area (Å²) in [5, 5.41) is 12.2. The van der Waals surface area contributed by atoms with Crippen molar-refractivity contribution in [2.45, 2.75) is 12.7 Å². The first-order chi connectivity index (χ1) is 12.7. The van der Waals surface area contributed by atoms with Crippen molar-refractivity contribution in [3.63, 3.8) is 0 Å². The van der Waals surface area contributed by atoms with Gasteiger partial charge in [0.15, 0.2) is 0 Å². The average Bonchev–Trinajstić information content (AvgIpc) is 2.95. The van der Waals surface area contributed by atoms with Crippen LogP contribution in [-0.2, 0) is 17.5 Å². The number of carboxylic acids is 1. The summed E-state index contributed by atoms with van der Waals surface area (Å²) in [5.74, 6) is -2.96. The molecule has 2 aromatic carbocycles. The molecule has 0 aliphatic carbocycles. The van der Waals surface area contributed by atoms with Gasteiger partial charge in [-0.3, -0.25) is 0 Å². The molecule has 27 heavy (non-hydrogen) atoms. The summed E-state index contributed by atoms with van der Waals surface area (Å²) in [5.41, 5.74) is -0.147. The van der Waals surface area contributed by atoms with Crippen LogP contribution in [0.1, 0.15) is 16.8 Å². The van der Waals surface area contributed by atoms with Gasteiger partial charge in [-0.1, -0.05) is 18.2 Å². The van der Waals surface area contributed by atoms with Gasteiger partial charge in [-0.05, 0) is 29.3 Å². The first-order valence-electron chi connectivity index (χ1n) is 7.59. The summed E-state index contributed by atoms with van der Waals surface area (Å²) in [6, 6.07) is 6.94. The predicted octanol–water partition coefficient (Wildman–Crippen LogP) is 4.48. The second-order valence-electron chi connectivity index (χ2n) is 5.66. The van der Waals surface area contributed by atoms with Crippen LogP contribution in [0.15, 0.2) is 42.5 Å². The summed E-state index contributed by atoms with van der Waals surface area (Å²) in [7, 11) is 0. The molecule has 4 nitrogen and oxygen atoms in total. The maximum absolute atomic E-state index is 14.0. The number of hydrogen-bond acceptors (Lipinski definition) is 2. The van der Waals surface area contributed by atoms with Crippen LogP contribution in [0.25, 0.3) is 17.0 Å². The Morgan fingerprint density at radius 3 is 2.52 bits per heavy atom. The zero-order valence-electron chi connectivity index (χ0n) is 13.5. The van der Waals surface area contributed by atoms with Crippen LogP contribution in [0.2, 0.25) is 0 Å². The van der Waals surface area contributed by atoms with Crippen LogP contribution in [0.3, 0.4) is 0 Å². The van der Waals surface area contributed by atoms with Gasteiger partial charge in [-0.15, -0.1) is 13.2 Å². The van der Waals surface area contributed by atoms with Gasteiger partial charge in [0.25, 0.3) is 0 Å². The molecule has 3 aromatic rings. The molecule has 0 atom stereocenters. The SMILES string of the molecule is O=C(O)/C=C/c1nn(C(F)(F)F)c2cccc(Cc3ccc(F)cc3F)c12. The molecular weight excluding hydrogens is 371 g/mol. The van der Waals surface area contributed by atoms with Crippen molar-refractivity contribution in [1.82, 2.24) is 9.78 Å². The number of carbonyl (C=O) groups is 1. The topological polar surface area (TPSA) is 55.1 Å². The van der Waals surface area contributed by atoms with E-state index in [1.807, 2.05) is 0 Å². The molecule has 1 heterocycles. The van der Waals surface area contributed by atoms with Crippen LogP contribution < -0.4 is 0 Å². The van der Waals surface area contributed by atoms with Gasteiger partial charge in [0.05, 0.1) is 11.2 Å². The summed E-state index contributed by atoms with van der Waals surface area (Å²) >= 11 is 0. The van der Waals surface area contributed by atoms with Crippen LogP contribution >= 0.6 is 0 Å². The van der Waals surface area contributed by atoms with Crippen molar-refractivity contribution < 1.29 is 31.9 Å². The monoisotopic (exact) mass is 382 g/mol. The molecule has 0 saturated heterocycles. The number of aliphatic carboxylic acids is 1. The predicted molar refractivity (Wildman–Crippen MR) is 86.9 cm³/mol. The maximum Gasteiger partial charge on any atom is 0.505 e. The van der Waals surface area contributed by atoms with E-state index in [-0.39, 0.29) is 33.3 Å². The Kier molecular flexibility index (Phi) is 4.69. The molecule has 0 amide bonds. The lowest BCUT2D eigenvalue weighted by Crippen LogP contribution is -2.18. The van der Waals surface area contributed by atoms with Gasteiger partial charge >= 0.3 is 12.3 Å². The smallest absolute Gasteiger partial charge is 0.478 e. The van der Waals surface area contributed by atoms with Gasteiger partial charge in [-0.25, -0.2) is 13.6 Å². The standard InChI is InChI=1S/C18H11F5N2O2/c19-12-5-4-10(13(20)9-12)8-11-2-1-3-15-17(11)14(6-7-16(26)27)24-25(15)18(21,22)23/h1-7,9H,8H2,(H,26,27)/b7-6+. The third-order valence-corrected chi connectivity index (χ3v) is 3.84. The molecule has 3 rings (SSSR count). The molecule has 140 valence electrons. The number of nitrogens with zero attached hydrogens (tertiary/aromatic N) is 2. The number of aromatic nitrogens is 2. The number of fused-ring (bicyclic) bond motifs is 1. The first kappa shape index (κ1) is 18.6. The Morgan fingerprint density at radius 2 is 1.89 bits per heavy atom. The third-order valence-electron chi connectivity index (χ3n) is 3.84. The maximum atomic E-state index is 14.0. The van der Waals surface area contributed by atoms with E-state index in [2.05, 4.69) is 5.10 Å². The number of hydrogen-bond donors (Lipinski definition) is 1. The minimum Gasteiger partial charge on any atom is -0.478 e. The third kappa shape index (κ3) is 3.81. The van der Waals surface area contributed by atoms with Crippen molar-refractivity contribution in [1.29, 1.82) is 0 Å². The van der Waals surface area contributed by atoms with Crippen LogP contribution in [0.5, 0.6) is 0 Å². The van der Waals surface area contributed by atoms with E-state index in [1.165, 1.54) is 24.3 Å². The zero-order chi connectivity index (χ0) is 19.8. The van der Waals surface area contributed by atoms with E-state index >= 15 is 0 Å². The van der Waals surface area contributed by atoms with E-state index in [4.69, 9.17) is 5.11 Å². The van der Waals surface area contributed by atoms with Crippen LogP contribution in [0.4, 0.5) is 22.0 Å². The summed E-state index contributed by atoms with van der Waals surface area (Å²) in [4.78, 5) is 10.7. The molecule has 1 N–H and O–H groups in total. The summed E-state index contributed by atoms with van der Waals surface area (Å²) in [6.07, 6.45) is -3.34. The number of benzene rings is 2. The number of halogens is 5. The Labute approximate surface area is 149 Å². The Morgan fingerprint density at radius 1 is 1.15 bits per heavy atom. The number of alkyl halides is 3. The number of carboxylic acid groups (broad SMARTS) is 1. The molecule has 0 radical (unpaired) electrons. The van der Waals surface area contributed by atoms with Crippen molar-refractivity contribution in [2.75, 3.05) is 0 Å². The van der Waals surface area contributed by atoms with E-state index in [0.29, 0.717) is 17.7 Å². The zero-order valence-corrected chi connectivity index (χ0v) is 13.5.